The van der Waals surface area contributed by atoms with Gasteiger partial charge < -0.3 is 10.5 Å². The van der Waals surface area contributed by atoms with Gasteiger partial charge in [0.05, 0.1) is 11.3 Å². The molecular weight excluding hydrogens is 333 g/mol. The van der Waals surface area contributed by atoms with Crippen LogP contribution in [0.25, 0.3) is 11.3 Å². The van der Waals surface area contributed by atoms with Crippen LogP contribution in [-0.2, 0) is 9.53 Å². The SMILES string of the molecule is Cc1nccc(C2=C(c3cc(Cl)cc(N)c3F)C(=O)C(C)(C)O2)n1. The number of carbonyl (C=O) groups is 1. The molecular formula is C17H15ClFN3O2. The van der Waals surface area contributed by atoms with Crippen LogP contribution in [0.2, 0.25) is 5.02 Å². The van der Waals surface area contributed by atoms with Crippen LogP contribution in [-0.4, -0.2) is 21.4 Å². The Morgan fingerprint density at radius 3 is 2.71 bits per heavy atom. The first kappa shape index (κ1) is 16.4. The Labute approximate surface area is 143 Å². The largest absolute Gasteiger partial charge is 0.477 e. The van der Waals surface area contributed by atoms with E-state index >= 15 is 0 Å². The van der Waals surface area contributed by atoms with Crippen LogP contribution in [0.3, 0.4) is 0 Å². The van der Waals surface area contributed by atoms with E-state index < -0.39 is 11.4 Å². The number of benzene rings is 1. The summed E-state index contributed by atoms with van der Waals surface area (Å²) in [5.74, 6) is -0.385. The molecule has 0 fully saturated rings. The molecule has 0 atom stereocenters. The van der Waals surface area contributed by atoms with Crippen molar-refractivity contribution in [1.29, 1.82) is 0 Å². The Bertz CT molecular complexity index is 893. The number of nitrogen functional groups attached to an aromatic ring is 1. The predicted molar refractivity (Wildman–Crippen MR) is 89.6 cm³/mol. The molecule has 0 saturated heterocycles. The maximum absolute atomic E-state index is 14.6. The minimum Gasteiger partial charge on any atom is -0.477 e. The summed E-state index contributed by atoms with van der Waals surface area (Å²) in [6.07, 6.45) is 1.55. The first-order valence-electron chi connectivity index (χ1n) is 7.23. The van der Waals surface area contributed by atoms with Crippen molar-refractivity contribution in [3.8, 4) is 0 Å². The predicted octanol–water partition coefficient (Wildman–Crippen LogP) is 3.41. The molecule has 1 aromatic carbocycles. The molecule has 0 amide bonds. The Balaban J connectivity index is 2.31. The molecule has 0 radical (unpaired) electrons. The molecule has 0 unspecified atom stereocenters. The summed E-state index contributed by atoms with van der Waals surface area (Å²) in [4.78, 5) is 21.1. The number of anilines is 1. The average molecular weight is 348 g/mol. The van der Waals surface area contributed by atoms with E-state index in [1.165, 1.54) is 12.1 Å². The van der Waals surface area contributed by atoms with E-state index in [4.69, 9.17) is 22.1 Å². The number of nitrogens with two attached hydrogens (primary N) is 1. The van der Waals surface area contributed by atoms with Crippen molar-refractivity contribution in [3.05, 3.63) is 52.3 Å². The highest BCUT2D eigenvalue weighted by atomic mass is 35.5. The number of ketones is 1. The Kier molecular flexibility index (Phi) is 3.80. The molecule has 24 heavy (non-hydrogen) atoms. The fourth-order valence-corrected chi connectivity index (χ4v) is 2.78. The van der Waals surface area contributed by atoms with Crippen LogP contribution < -0.4 is 5.73 Å². The van der Waals surface area contributed by atoms with Crippen LogP contribution in [0.1, 0.15) is 30.9 Å². The van der Waals surface area contributed by atoms with Crippen molar-refractivity contribution in [2.24, 2.45) is 0 Å². The van der Waals surface area contributed by atoms with Gasteiger partial charge in [-0.3, -0.25) is 4.79 Å². The number of ether oxygens (including phenoxy) is 1. The molecule has 0 saturated carbocycles. The van der Waals surface area contributed by atoms with Crippen molar-refractivity contribution in [3.63, 3.8) is 0 Å². The summed E-state index contributed by atoms with van der Waals surface area (Å²) >= 11 is 5.99. The molecule has 7 heteroatoms. The van der Waals surface area contributed by atoms with Crippen molar-refractivity contribution in [1.82, 2.24) is 9.97 Å². The van der Waals surface area contributed by atoms with Gasteiger partial charge in [-0.1, -0.05) is 11.6 Å². The van der Waals surface area contributed by atoms with E-state index in [0.29, 0.717) is 11.5 Å². The standard InChI is InChI=1S/C17H15ClFN3O2/c1-8-21-5-4-12(22-8)15-13(16(23)17(2,3)24-15)10-6-9(18)7-11(20)14(10)19/h4-7H,20H2,1-3H3. The van der Waals surface area contributed by atoms with Crippen LogP contribution in [0, 0.1) is 12.7 Å². The maximum atomic E-state index is 14.6. The molecule has 2 heterocycles. The molecule has 0 spiro atoms. The lowest BCUT2D eigenvalue weighted by molar-refractivity contribution is -0.125. The van der Waals surface area contributed by atoms with Gasteiger partial charge in [0.25, 0.3) is 0 Å². The molecule has 1 aliphatic rings. The number of nitrogens with zero attached hydrogens (tertiary/aromatic N) is 2. The quantitative estimate of drug-likeness (QED) is 0.842. The third-order valence-electron chi connectivity index (χ3n) is 3.70. The fraction of sp³-hybridized carbons (Fsp3) is 0.235. The highest BCUT2D eigenvalue weighted by Gasteiger charge is 2.44. The second kappa shape index (κ2) is 5.56. The molecule has 0 bridgehead atoms. The minimum atomic E-state index is -1.15. The van der Waals surface area contributed by atoms with Gasteiger partial charge in [-0.25, -0.2) is 14.4 Å². The summed E-state index contributed by atoms with van der Waals surface area (Å²) in [5.41, 5.74) is 4.84. The summed E-state index contributed by atoms with van der Waals surface area (Å²) in [5, 5.41) is 0.229. The number of halogens is 2. The highest BCUT2D eigenvalue weighted by Crippen LogP contribution is 2.42. The van der Waals surface area contributed by atoms with Crippen molar-refractivity contribution in [2.45, 2.75) is 26.4 Å². The molecule has 5 nitrogen and oxygen atoms in total. The molecule has 1 aromatic heterocycles. The van der Waals surface area contributed by atoms with Gasteiger partial charge in [-0.05, 0) is 39.0 Å². The van der Waals surface area contributed by atoms with Gasteiger partial charge >= 0.3 is 0 Å². The topological polar surface area (TPSA) is 78.1 Å². The number of hydrogen-bond acceptors (Lipinski definition) is 5. The molecule has 1 aliphatic heterocycles. The summed E-state index contributed by atoms with van der Waals surface area (Å²) < 4.78 is 20.4. The van der Waals surface area contributed by atoms with Crippen LogP contribution in [0.15, 0.2) is 24.4 Å². The van der Waals surface area contributed by atoms with E-state index in [0.717, 1.165) is 0 Å². The molecule has 124 valence electrons. The number of aromatic nitrogens is 2. The van der Waals surface area contributed by atoms with Gasteiger partial charge in [0.15, 0.2) is 17.2 Å². The number of rotatable bonds is 2. The van der Waals surface area contributed by atoms with Gasteiger partial charge in [0, 0.05) is 16.8 Å². The fourth-order valence-electron chi connectivity index (χ4n) is 2.56. The van der Waals surface area contributed by atoms with Crippen molar-refractivity contribution < 1.29 is 13.9 Å². The second-order valence-electron chi connectivity index (χ2n) is 5.99. The van der Waals surface area contributed by atoms with E-state index in [1.807, 2.05) is 0 Å². The van der Waals surface area contributed by atoms with Gasteiger partial charge in [-0.15, -0.1) is 0 Å². The van der Waals surface area contributed by atoms with Gasteiger partial charge in [0.2, 0.25) is 5.78 Å². The summed E-state index contributed by atoms with van der Waals surface area (Å²) in [7, 11) is 0. The third kappa shape index (κ3) is 2.63. The number of carbonyl (C=O) groups excluding carboxylic acids is 1. The average Bonchev–Trinajstić information content (AvgIpc) is 2.74. The maximum Gasteiger partial charge on any atom is 0.210 e. The molecule has 3 rings (SSSR count). The second-order valence-corrected chi connectivity index (χ2v) is 6.43. The molecule has 2 aromatic rings. The first-order valence-corrected chi connectivity index (χ1v) is 7.61. The van der Waals surface area contributed by atoms with Crippen molar-refractivity contribution in [2.75, 3.05) is 5.73 Å². The normalized spacial score (nSPS) is 16.5. The van der Waals surface area contributed by atoms with Gasteiger partial charge in [0.1, 0.15) is 11.5 Å². The lowest BCUT2D eigenvalue weighted by Crippen LogP contribution is -2.29. The van der Waals surface area contributed by atoms with Crippen LogP contribution in [0.5, 0.6) is 0 Å². The van der Waals surface area contributed by atoms with Crippen LogP contribution in [0.4, 0.5) is 10.1 Å². The van der Waals surface area contributed by atoms with Crippen molar-refractivity contribution >= 4 is 34.4 Å². The van der Waals surface area contributed by atoms with E-state index in [2.05, 4.69) is 9.97 Å². The smallest absolute Gasteiger partial charge is 0.210 e. The van der Waals surface area contributed by atoms with E-state index in [9.17, 15) is 9.18 Å². The zero-order valence-electron chi connectivity index (χ0n) is 13.4. The lowest BCUT2D eigenvalue weighted by atomic mass is 9.92. The third-order valence-corrected chi connectivity index (χ3v) is 3.92. The van der Waals surface area contributed by atoms with Crippen LogP contribution >= 0.6 is 11.6 Å². The Morgan fingerprint density at radius 2 is 2.04 bits per heavy atom. The zero-order valence-corrected chi connectivity index (χ0v) is 14.1. The summed E-state index contributed by atoms with van der Waals surface area (Å²) in [6, 6.07) is 4.25. The summed E-state index contributed by atoms with van der Waals surface area (Å²) in [6.45, 7) is 4.94. The highest BCUT2D eigenvalue weighted by molar-refractivity contribution is 6.34. The zero-order chi connectivity index (χ0) is 17.6. The van der Waals surface area contributed by atoms with E-state index in [1.54, 1.807) is 33.0 Å². The van der Waals surface area contributed by atoms with E-state index in [-0.39, 0.29) is 33.4 Å². The number of aryl methyl sites for hydroxylation is 1. The Hall–Kier alpha value is -2.47. The molecule has 2 N–H and O–H groups in total. The number of hydrogen-bond donors (Lipinski definition) is 1. The monoisotopic (exact) mass is 347 g/mol. The Morgan fingerprint density at radius 1 is 1.33 bits per heavy atom. The first-order chi connectivity index (χ1) is 11.2. The van der Waals surface area contributed by atoms with Gasteiger partial charge in [-0.2, -0.15) is 0 Å². The minimum absolute atomic E-state index is 0.00170. The number of Topliss-reactive ketones (excluding diaryl/α,β-unsaturated/α-hetero) is 1. The lowest BCUT2D eigenvalue weighted by Gasteiger charge is -2.17. The molecule has 0 aliphatic carbocycles.